The largest absolute Gasteiger partial charge is 0.479 e. The summed E-state index contributed by atoms with van der Waals surface area (Å²) in [6, 6.07) is 0. The van der Waals surface area contributed by atoms with Crippen molar-refractivity contribution in [3.63, 3.8) is 0 Å². The molecule has 10 heavy (non-hydrogen) atoms. The molecular weight excluding hydrogens is 136 g/mol. The van der Waals surface area contributed by atoms with Gasteiger partial charge in [-0.2, -0.15) is 0 Å². The third-order valence-electron chi connectivity index (χ3n) is 1.03. The number of hydrogen-bond acceptors (Lipinski definition) is 3. The highest BCUT2D eigenvalue weighted by molar-refractivity contribution is 5.72. The molecule has 0 aliphatic heterocycles. The summed E-state index contributed by atoms with van der Waals surface area (Å²) in [7, 11) is 1.45. The lowest BCUT2D eigenvalue weighted by Crippen LogP contribution is -2.23. The smallest absolute Gasteiger partial charge is 0.332 e. The zero-order valence-corrected chi connectivity index (χ0v) is 6.16. The monoisotopic (exact) mass is 148 g/mol. The first-order valence-corrected chi connectivity index (χ1v) is 3.05. The Balaban J connectivity index is 3.50. The first kappa shape index (κ1) is 9.39. The molecule has 0 rings (SSSR count). The maximum absolute atomic E-state index is 10.3. The van der Waals surface area contributed by atoms with Crippen molar-refractivity contribution in [1.82, 2.24) is 0 Å². The van der Waals surface area contributed by atoms with Crippen LogP contribution in [0.5, 0.6) is 0 Å². The van der Waals surface area contributed by atoms with E-state index in [0.717, 1.165) is 0 Å². The third kappa shape index (κ3) is 3.42. The minimum absolute atomic E-state index is 0.0325. The molecule has 0 aromatic heterocycles. The molecule has 1 atom stereocenters. The summed E-state index contributed by atoms with van der Waals surface area (Å²) in [5.41, 5.74) is 0. The van der Waals surface area contributed by atoms with Crippen molar-refractivity contribution in [3.05, 3.63) is 0 Å². The van der Waals surface area contributed by atoms with E-state index in [-0.39, 0.29) is 6.79 Å². The number of carbonyl (C=O) groups is 1. The summed E-state index contributed by atoms with van der Waals surface area (Å²) >= 11 is 0. The zero-order chi connectivity index (χ0) is 7.98. The predicted octanol–water partition coefficient (Wildman–Crippen LogP) is 0.470. The van der Waals surface area contributed by atoms with Gasteiger partial charge in [-0.3, -0.25) is 0 Å². The maximum Gasteiger partial charge on any atom is 0.332 e. The van der Waals surface area contributed by atoms with Gasteiger partial charge in [0.25, 0.3) is 0 Å². The summed E-state index contributed by atoms with van der Waals surface area (Å²) in [5, 5.41) is 8.42. The van der Waals surface area contributed by atoms with Gasteiger partial charge in [-0.05, 0) is 6.42 Å². The Morgan fingerprint density at radius 2 is 2.30 bits per heavy atom. The molecule has 0 fully saturated rings. The van der Waals surface area contributed by atoms with Gasteiger partial charge in [-0.15, -0.1) is 0 Å². The number of hydrogen-bond donors (Lipinski definition) is 1. The minimum atomic E-state index is -0.945. The lowest BCUT2D eigenvalue weighted by Gasteiger charge is -2.09. The van der Waals surface area contributed by atoms with Gasteiger partial charge in [-0.1, -0.05) is 6.92 Å². The van der Waals surface area contributed by atoms with Crippen LogP contribution in [0.15, 0.2) is 0 Å². The van der Waals surface area contributed by atoms with Crippen molar-refractivity contribution in [2.24, 2.45) is 0 Å². The van der Waals surface area contributed by atoms with Crippen LogP contribution >= 0.6 is 0 Å². The predicted molar refractivity (Wildman–Crippen MR) is 34.7 cm³/mol. The van der Waals surface area contributed by atoms with Crippen LogP contribution in [0, 0.1) is 0 Å². The first-order chi connectivity index (χ1) is 4.72. The van der Waals surface area contributed by atoms with Gasteiger partial charge in [0.2, 0.25) is 0 Å². The van der Waals surface area contributed by atoms with Crippen LogP contribution in [0.25, 0.3) is 0 Å². The fourth-order valence-corrected chi connectivity index (χ4v) is 0.514. The summed E-state index contributed by atoms with van der Waals surface area (Å²) in [5.74, 6) is -0.945. The van der Waals surface area contributed by atoms with E-state index in [9.17, 15) is 4.79 Å². The van der Waals surface area contributed by atoms with E-state index in [4.69, 9.17) is 9.84 Å². The highest BCUT2D eigenvalue weighted by atomic mass is 16.7. The van der Waals surface area contributed by atoms with Crippen LogP contribution < -0.4 is 0 Å². The van der Waals surface area contributed by atoms with Crippen LogP contribution in [-0.2, 0) is 14.3 Å². The van der Waals surface area contributed by atoms with E-state index in [1.807, 2.05) is 0 Å². The van der Waals surface area contributed by atoms with Gasteiger partial charge in [0, 0.05) is 7.11 Å². The molecule has 1 unspecified atom stereocenters. The topological polar surface area (TPSA) is 55.8 Å². The summed E-state index contributed by atoms with van der Waals surface area (Å²) < 4.78 is 9.32. The summed E-state index contributed by atoms with van der Waals surface area (Å²) in [6.45, 7) is 1.78. The highest BCUT2D eigenvalue weighted by Gasteiger charge is 2.14. The van der Waals surface area contributed by atoms with E-state index < -0.39 is 12.1 Å². The van der Waals surface area contributed by atoms with Crippen molar-refractivity contribution in [3.8, 4) is 0 Å². The molecule has 4 heteroatoms. The lowest BCUT2D eigenvalue weighted by molar-refractivity contribution is -0.158. The second kappa shape index (κ2) is 5.20. The number of methoxy groups -OCH3 is 1. The number of rotatable bonds is 5. The van der Waals surface area contributed by atoms with Gasteiger partial charge >= 0.3 is 5.97 Å². The molecule has 1 N–H and O–H groups in total. The highest BCUT2D eigenvalue weighted by Crippen LogP contribution is 1.96. The maximum atomic E-state index is 10.3. The standard InChI is InChI=1S/C6H12O4/c1-3-5(6(7)8)10-4-9-2/h5H,3-4H2,1-2H3,(H,7,8). The molecule has 0 aromatic rings. The lowest BCUT2D eigenvalue weighted by atomic mass is 10.3. The van der Waals surface area contributed by atoms with E-state index in [2.05, 4.69) is 4.74 Å². The molecule has 0 bridgehead atoms. The van der Waals surface area contributed by atoms with Gasteiger partial charge in [0.1, 0.15) is 6.79 Å². The van der Waals surface area contributed by atoms with Crippen molar-refractivity contribution in [1.29, 1.82) is 0 Å². The van der Waals surface area contributed by atoms with Crippen LogP contribution in [0.3, 0.4) is 0 Å². The molecular formula is C6H12O4. The Morgan fingerprint density at radius 1 is 1.70 bits per heavy atom. The molecule has 4 nitrogen and oxygen atoms in total. The van der Waals surface area contributed by atoms with Crippen molar-refractivity contribution in [2.75, 3.05) is 13.9 Å². The molecule has 0 aliphatic rings. The number of carboxylic acid groups (broad SMARTS) is 1. The molecule has 0 spiro atoms. The SMILES string of the molecule is CCC(OCOC)C(=O)O. The molecule has 60 valence electrons. The fourth-order valence-electron chi connectivity index (χ4n) is 0.514. The molecule has 0 amide bonds. The molecule has 0 radical (unpaired) electrons. The Kier molecular flexibility index (Phi) is 4.88. The number of ether oxygens (including phenoxy) is 2. The average Bonchev–Trinajstić information content (AvgIpc) is 1.89. The Labute approximate surface area is 59.7 Å². The van der Waals surface area contributed by atoms with E-state index in [0.29, 0.717) is 6.42 Å². The second-order valence-corrected chi connectivity index (χ2v) is 1.81. The van der Waals surface area contributed by atoms with Gasteiger partial charge in [0.05, 0.1) is 0 Å². The summed E-state index contributed by atoms with van der Waals surface area (Å²) in [6.07, 6.45) is -0.279. The Morgan fingerprint density at radius 3 is 2.60 bits per heavy atom. The van der Waals surface area contributed by atoms with Crippen molar-refractivity contribution < 1.29 is 19.4 Å². The third-order valence-corrected chi connectivity index (χ3v) is 1.03. The minimum Gasteiger partial charge on any atom is -0.479 e. The summed E-state index contributed by atoms with van der Waals surface area (Å²) in [4.78, 5) is 10.3. The second-order valence-electron chi connectivity index (χ2n) is 1.81. The van der Waals surface area contributed by atoms with Crippen LogP contribution in [0.1, 0.15) is 13.3 Å². The molecule has 0 aromatic carbocycles. The van der Waals surface area contributed by atoms with Crippen molar-refractivity contribution >= 4 is 5.97 Å². The van der Waals surface area contributed by atoms with Gasteiger partial charge < -0.3 is 14.6 Å². The molecule has 0 saturated carbocycles. The average molecular weight is 148 g/mol. The molecule has 0 aliphatic carbocycles. The normalized spacial score (nSPS) is 13.0. The fraction of sp³-hybridized carbons (Fsp3) is 0.833. The van der Waals surface area contributed by atoms with E-state index in [1.54, 1.807) is 6.92 Å². The molecule has 0 saturated heterocycles. The molecule has 0 heterocycles. The van der Waals surface area contributed by atoms with Crippen LogP contribution in [0.4, 0.5) is 0 Å². The van der Waals surface area contributed by atoms with Crippen molar-refractivity contribution in [2.45, 2.75) is 19.4 Å². The van der Waals surface area contributed by atoms with E-state index >= 15 is 0 Å². The Bertz CT molecular complexity index is 102. The number of carboxylic acids is 1. The van der Waals surface area contributed by atoms with Crippen LogP contribution in [-0.4, -0.2) is 31.1 Å². The van der Waals surface area contributed by atoms with Crippen LogP contribution in [0.2, 0.25) is 0 Å². The van der Waals surface area contributed by atoms with Gasteiger partial charge in [-0.25, -0.2) is 4.79 Å². The zero-order valence-electron chi connectivity index (χ0n) is 6.16. The first-order valence-electron chi connectivity index (χ1n) is 3.05. The van der Waals surface area contributed by atoms with E-state index in [1.165, 1.54) is 7.11 Å². The Hall–Kier alpha value is -0.610. The van der Waals surface area contributed by atoms with Gasteiger partial charge in [0.15, 0.2) is 6.10 Å². The number of aliphatic carboxylic acids is 1. The quantitative estimate of drug-likeness (QED) is 0.576.